The molecule has 1 heterocycles. The zero-order valence-corrected chi connectivity index (χ0v) is 16.0. The number of aliphatic carboxylic acids is 1. The molecule has 0 bridgehead atoms. The summed E-state index contributed by atoms with van der Waals surface area (Å²) in [7, 11) is 0. The van der Waals surface area contributed by atoms with Crippen molar-refractivity contribution >= 4 is 39.2 Å². The number of halogens is 4. The third-order valence-corrected chi connectivity index (χ3v) is 4.86. The number of nitrogens with zero attached hydrogens (tertiary/aromatic N) is 3. The molecule has 28 heavy (non-hydrogen) atoms. The quantitative estimate of drug-likeness (QED) is 0.511. The van der Waals surface area contributed by atoms with Crippen LogP contribution in [0.1, 0.15) is 12.5 Å². The van der Waals surface area contributed by atoms with E-state index in [2.05, 4.69) is 20.9 Å². The number of alkyl halides is 3. The van der Waals surface area contributed by atoms with Crippen molar-refractivity contribution in [3.05, 3.63) is 63.5 Å². The van der Waals surface area contributed by atoms with E-state index in [0.717, 1.165) is 15.7 Å². The van der Waals surface area contributed by atoms with Crippen LogP contribution < -0.4 is 10.0 Å². The second-order valence-electron chi connectivity index (χ2n) is 6.11. The molecule has 1 atom stereocenters. The summed E-state index contributed by atoms with van der Waals surface area (Å²) in [6.07, 6.45) is -5.19. The van der Waals surface area contributed by atoms with Gasteiger partial charge in [-0.2, -0.15) is 13.2 Å². The average molecular weight is 456 g/mol. The summed E-state index contributed by atoms with van der Waals surface area (Å²) >= 11 is 3.48. The van der Waals surface area contributed by atoms with Crippen molar-refractivity contribution in [3.8, 4) is 0 Å². The lowest BCUT2D eigenvalue weighted by Crippen LogP contribution is -2.63. The van der Waals surface area contributed by atoms with Crippen LogP contribution in [0.25, 0.3) is 4.98 Å². The molecule has 6 nitrogen and oxygen atoms in total. The minimum Gasteiger partial charge on any atom is -0.542 e. The van der Waals surface area contributed by atoms with Crippen molar-refractivity contribution in [2.45, 2.75) is 18.5 Å². The molecule has 1 aliphatic heterocycles. The largest absolute Gasteiger partial charge is 0.542 e. The van der Waals surface area contributed by atoms with E-state index < -0.39 is 17.6 Å². The van der Waals surface area contributed by atoms with E-state index in [1.54, 1.807) is 17.0 Å². The van der Waals surface area contributed by atoms with Crippen molar-refractivity contribution in [2.75, 3.05) is 11.4 Å². The van der Waals surface area contributed by atoms with Crippen molar-refractivity contribution in [3.63, 3.8) is 0 Å². The Balaban J connectivity index is 0.000000345. The summed E-state index contributed by atoms with van der Waals surface area (Å²) in [5.74, 6) is -2.93. The van der Waals surface area contributed by atoms with Crippen LogP contribution in [0.2, 0.25) is 0 Å². The van der Waals surface area contributed by atoms with E-state index in [1.807, 2.05) is 43.3 Å². The minimum atomic E-state index is -5.19. The molecule has 0 spiro atoms. The predicted molar refractivity (Wildman–Crippen MR) is 96.1 cm³/mol. The fourth-order valence-corrected chi connectivity index (χ4v) is 3.14. The summed E-state index contributed by atoms with van der Waals surface area (Å²) in [6.45, 7) is 2.57. The van der Waals surface area contributed by atoms with Crippen LogP contribution in [0.4, 0.5) is 24.5 Å². The second kappa shape index (κ2) is 7.98. The summed E-state index contributed by atoms with van der Waals surface area (Å²) in [5.41, 5.74) is 1.78. The second-order valence-corrected chi connectivity index (χ2v) is 6.96. The van der Waals surface area contributed by atoms with Crippen molar-refractivity contribution in [1.29, 1.82) is 5.39 Å². The van der Waals surface area contributed by atoms with Gasteiger partial charge in [-0.25, -0.2) is 0 Å². The van der Waals surface area contributed by atoms with Gasteiger partial charge in [-0.3, -0.25) is 4.79 Å². The normalized spacial score (nSPS) is 18.4. The lowest BCUT2D eigenvalue weighted by molar-refractivity contribution is -0.344. The number of carboxylic acids is 1. The maximum Gasteiger partial charge on any atom is 0.430 e. The number of para-hydroxylation sites is 1. The molecule has 1 aliphatic rings. The maximum absolute atomic E-state index is 12.6. The molecule has 2 aromatic rings. The highest BCUT2D eigenvalue weighted by molar-refractivity contribution is 9.10. The fraction of sp³-hybridized carbons (Fsp3) is 0.222. The molecule has 10 heteroatoms. The van der Waals surface area contributed by atoms with E-state index in [0.29, 0.717) is 12.2 Å². The number of carbonyl (C=O) groups excluding carboxylic acids is 2. The van der Waals surface area contributed by atoms with Gasteiger partial charge >= 0.3 is 11.9 Å². The van der Waals surface area contributed by atoms with Crippen LogP contribution in [-0.2, 0) is 15.0 Å². The molecule has 0 aliphatic carbocycles. The molecule has 0 N–H and O–H groups in total. The molecule has 1 amide bonds. The topological polar surface area (TPSA) is 88.6 Å². The van der Waals surface area contributed by atoms with Gasteiger partial charge in [-0.05, 0) is 52.7 Å². The van der Waals surface area contributed by atoms with Gasteiger partial charge in [-0.1, -0.05) is 12.1 Å². The van der Waals surface area contributed by atoms with Crippen molar-refractivity contribution < 1.29 is 27.9 Å². The molecule has 3 rings (SSSR count). The van der Waals surface area contributed by atoms with E-state index in [4.69, 9.17) is 15.3 Å². The summed E-state index contributed by atoms with van der Waals surface area (Å²) < 4.78 is 32.5. The molecule has 0 saturated carbocycles. The van der Waals surface area contributed by atoms with E-state index in [9.17, 15) is 18.0 Å². The Morgan fingerprint density at radius 1 is 1.21 bits per heavy atom. The lowest BCUT2D eigenvalue weighted by atomic mass is 9.74. The van der Waals surface area contributed by atoms with Gasteiger partial charge < -0.3 is 14.8 Å². The first kappa shape index (κ1) is 21.4. The van der Waals surface area contributed by atoms with Gasteiger partial charge in [0.2, 0.25) is 11.3 Å². The minimum absolute atomic E-state index is 0.0723. The van der Waals surface area contributed by atoms with Crippen LogP contribution in [0, 0.1) is 5.39 Å². The maximum atomic E-state index is 12.6. The first-order valence-corrected chi connectivity index (χ1v) is 8.60. The first-order valence-electron chi connectivity index (χ1n) is 7.81. The number of rotatable bonds is 2. The monoisotopic (exact) mass is 455 g/mol. The van der Waals surface area contributed by atoms with E-state index in [1.165, 1.54) is 0 Å². The van der Waals surface area contributed by atoms with Gasteiger partial charge in [0.05, 0.1) is 11.1 Å². The Morgan fingerprint density at radius 3 is 2.18 bits per heavy atom. The number of hydrogen-bond acceptors (Lipinski definition) is 4. The first-order chi connectivity index (χ1) is 13.0. The van der Waals surface area contributed by atoms with Gasteiger partial charge in [0.25, 0.3) is 0 Å². The number of diazo groups is 1. The molecule has 1 unspecified atom stereocenters. The lowest BCUT2D eigenvalue weighted by Gasteiger charge is -2.47. The van der Waals surface area contributed by atoms with Gasteiger partial charge in [0, 0.05) is 23.2 Å². The average Bonchev–Trinajstić information content (AvgIpc) is 2.66. The van der Waals surface area contributed by atoms with Crippen LogP contribution in [-0.4, -0.2) is 24.6 Å². The molecule has 0 aromatic heterocycles. The van der Waals surface area contributed by atoms with Crippen molar-refractivity contribution in [2.24, 2.45) is 0 Å². The standard InChI is InChI=1S/C16H13BrN3O.C2HF3O2/c1-16(11-6-8-12(19-18)9-7-11)10-20(15(16)21)14-5-3-2-4-13(14)17;3-2(4,5)1(6)7/h2-9H,10H2,1H3;(H,6,7)/q+1;/p-1. The highest BCUT2D eigenvalue weighted by Crippen LogP contribution is 2.41. The third-order valence-electron chi connectivity index (χ3n) is 4.19. The Labute approximate surface area is 166 Å². The summed E-state index contributed by atoms with van der Waals surface area (Å²) in [5, 5.41) is 17.5. The highest BCUT2D eigenvalue weighted by Gasteiger charge is 2.50. The van der Waals surface area contributed by atoms with Gasteiger partial charge in [-0.15, -0.1) is 0 Å². The molecule has 0 radical (unpaired) electrons. The molecule has 1 saturated heterocycles. The Kier molecular flexibility index (Phi) is 6.09. The number of hydrogen-bond donors (Lipinski definition) is 0. The van der Waals surface area contributed by atoms with Crippen molar-refractivity contribution in [1.82, 2.24) is 0 Å². The number of carbonyl (C=O) groups is 2. The molecule has 2 aromatic carbocycles. The van der Waals surface area contributed by atoms with E-state index in [-0.39, 0.29) is 5.91 Å². The molecular weight excluding hydrogens is 443 g/mol. The third kappa shape index (κ3) is 4.31. The Morgan fingerprint density at radius 2 is 1.75 bits per heavy atom. The SMILES string of the molecule is CC1(c2ccc([N+]#N)cc2)CN(c2ccccc2Br)C1=O.O=C([O-])C(F)(F)F. The van der Waals surface area contributed by atoms with E-state index >= 15 is 0 Å². The van der Waals surface area contributed by atoms with Crippen LogP contribution in [0.15, 0.2) is 53.0 Å². The van der Waals surface area contributed by atoms with Crippen LogP contribution >= 0.6 is 15.9 Å². The predicted octanol–water partition coefficient (Wildman–Crippen LogP) is 3.54. The molecule has 146 valence electrons. The number of anilines is 1. The Hall–Kier alpha value is -2.93. The zero-order chi connectivity index (χ0) is 21.1. The smallest absolute Gasteiger partial charge is 0.430 e. The van der Waals surface area contributed by atoms with Crippen LogP contribution in [0.5, 0.6) is 0 Å². The number of β-lactam (4-membered cyclic amide) rings is 1. The zero-order valence-electron chi connectivity index (χ0n) is 14.4. The number of carboxylic acid groups (broad SMARTS) is 1. The Bertz CT molecular complexity index is 942. The fourth-order valence-electron chi connectivity index (χ4n) is 2.64. The van der Waals surface area contributed by atoms with Gasteiger partial charge in [0.15, 0.2) is 4.98 Å². The highest BCUT2D eigenvalue weighted by atomic mass is 79.9. The molecule has 1 fully saturated rings. The summed E-state index contributed by atoms with van der Waals surface area (Å²) in [4.78, 5) is 26.3. The molecular formula is C18H13BrF3N3O3. The van der Waals surface area contributed by atoms with Crippen LogP contribution in [0.3, 0.4) is 0 Å². The number of amides is 1. The van der Waals surface area contributed by atoms with Gasteiger partial charge in [0.1, 0.15) is 5.97 Å². The summed E-state index contributed by atoms with van der Waals surface area (Å²) in [6, 6.07) is 14.8. The number of benzene rings is 2.